The molecule has 116 valence electrons. The van der Waals surface area contributed by atoms with E-state index in [4.69, 9.17) is 0 Å². The van der Waals surface area contributed by atoms with E-state index in [0.717, 1.165) is 19.1 Å². The minimum Gasteiger partial charge on any atom is -0.266 e. The van der Waals surface area contributed by atoms with Gasteiger partial charge in [-0.2, -0.15) is 0 Å². The fourth-order valence-electron chi connectivity index (χ4n) is 2.16. The molecule has 1 aliphatic carbocycles. The van der Waals surface area contributed by atoms with Gasteiger partial charge in [-0.1, -0.05) is 5.21 Å². The summed E-state index contributed by atoms with van der Waals surface area (Å²) >= 11 is 0. The summed E-state index contributed by atoms with van der Waals surface area (Å²) in [6.45, 7) is 0. The number of nitrogens with zero attached hydrogens (tertiary/aromatic N) is 3. The molecule has 0 bridgehead atoms. The van der Waals surface area contributed by atoms with Gasteiger partial charge in [-0.3, -0.25) is 4.79 Å². The number of aromatic nitrogens is 3. The molecule has 7 nitrogen and oxygen atoms in total. The number of carbonyl (C=O) groups excluding carboxylic acids is 1. The van der Waals surface area contributed by atoms with E-state index in [-0.39, 0.29) is 17.4 Å². The Labute approximate surface area is 126 Å². The third-order valence-electron chi connectivity index (χ3n) is 3.23. The molecule has 1 amide bonds. The van der Waals surface area contributed by atoms with Crippen molar-refractivity contribution in [2.24, 2.45) is 0 Å². The summed E-state index contributed by atoms with van der Waals surface area (Å²) < 4.78 is 38.8. The van der Waals surface area contributed by atoms with Gasteiger partial charge in [0.05, 0.1) is 17.6 Å². The van der Waals surface area contributed by atoms with Crippen LogP contribution in [0.3, 0.4) is 0 Å². The Morgan fingerprint density at radius 1 is 1.32 bits per heavy atom. The zero-order valence-electron chi connectivity index (χ0n) is 11.7. The predicted molar refractivity (Wildman–Crippen MR) is 75.6 cm³/mol. The van der Waals surface area contributed by atoms with Crippen LogP contribution < -0.4 is 4.72 Å². The smallest absolute Gasteiger partial charge is 0.266 e. The van der Waals surface area contributed by atoms with E-state index < -0.39 is 15.9 Å². The van der Waals surface area contributed by atoms with Crippen molar-refractivity contribution in [2.75, 3.05) is 6.26 Å². The Hall–Kier alpha value is -2.29. The molecule has 0 spiro atoms. The summed E-state index contributed by atoms with van der Waals surface area (Å²) in [5, 5.41) is 7.72. The summed E-state index contributed by atoms with van der Waals surface area (Å²) in [7, 11) is -3.68. The van der Waals surface area contributed by atoms with Crippen molar-refractivity contribution in [3.05, 3.63) is 41.5 Å². The van der Waals surface area contributed by atoms with E-state index in [0.29, 0.717) is 11.4 Å². The van der Waals surface area contributed by atoms with E-state index >= 15 is 0 Å². The molecule has 0 saturated heterocycles. The highest BCUT2D eigenvalue weighted by molar-refractivity contribution is 7.89. The molecule has 1 aliphatic rings. The maximum atomic E-state index is 13.0. The Kier molecular flexibility index (Phi) is 3.44. The fourth-order valence-corrected chi connectivity index (χ4v) is 2.60. The van der Waals surface area contributed by atoms with Crippen molar-refractivity contribution in [2.45, 2.75) is 18.8 Å². The lowest BCUT2D eigenvalue weighted by Gasteiger charge is -2.07. The van der Waals surface area contributed by atoms with Crippen LogP contribution in [0, 0.1) is 5.82 Å². The first kappa shape index (κ1) is 14.6. The predicted octanol–water partition coefficient (Wildman–Crippen LogP) is 0.973. The number of carbonyl (C=O) groups is 1. The van der Waals surface area contributed by atoms with Crippen molar-refractivity contribution in [3.63, 3.8) is 0 Å². The molecule has 0 radical (unpaired) electrons. The van der Waals surface area contributed by atoms with Crippen LogP contribution in [-0.4, -0.2) is 35.6 Å². The molecule has 9 heteroatoms. The molecule has 0 unspecified atom stereocenters. The second kappa shape index (κ2) is 5.16. The minimum absolute atomic E-state index is 0.0164. The first-order valence-electron chi connectivity index (χ1n) is 6.59. The number of benzene rings is 1. The van der Waals surface area contributed by atoms with E-state index in [1.165, 1.54) is 28.9 Å². The van der Waals surface area contributed by atoms with Gasteiger partial charge in [-0.05, 0) is 37.1 Å². The standard InChI is InChI=1S/C13H13FN4O3S/c1-22(20,21)16-13(19)11-12(8-2-3-8)18(17-15-11)10-6-4-9(14)5-7-10/h4-8H,2-3H2,1H3,(H,16,19). The number of amides is 1. The maximum absolute atomic E-state index is 13.0. The largest absolute Gasteiger partial charge is 0.287 e. The second-order valence-electron chi connectivity index (χ2n) is 5.19. The number of hydrogen-bond acceptors (Lipinski definition) is 5. The van der Waals surface area contributed by atoms with Crippen LogP contribution in [0.5, 0.6) is 0 Å². The molecule has 1 N–H and O–H groups in total. The average Bonchev–Trinajstić information content (AvgIpc) is 3.16. The van der Waals surface area contributed by atoms with E-state index in [1.807, 2.05) is 4.72 Å². The van der Waals surface area contributed by atoms with Gasteiger partial charge >= 0.3 is 0 Å². The van der Waals surface area contributed by atoms with Gasteiger partial charge in [0, 0.05) is 5.92 Å². The molecular weight excluding hydrogens is 311 g/mol. The minimum atomic E-state index is -3.68. The van der Waals surface area contributed by atoms with Crippen molar-refractivity contribution in [3.8, 4) is 5.69 Å². The first-order chi connectivity index (χ1) is 10.3. The highest BCUT2D eigenvalue weighted by Crippen LogP contribution is 2.41. The van der Waals surface area contributed by atoms with E-state index in [1.54, 1.807) is 0 Å². The molecule has 1 aromatic carbocycles. The van der Waals surface area contributed by atoms with Gasteiger partial charge in [-0.15, -0.1) is 5.10 Å². The lowest BCUT2D eigenvalue weighted by molar-refractivity contribution is 0.0975. The third kappa shape index (κ3) is 2.98. The number of nitrogens with one attached hydrogen (secondary N) is 1. The third-order valence-corrected chi connectivity index (χ3v) is 3.79. The molecule has 1 heterocycles. The molecular formula is C13H13FN4O3S. The second-order valence-corrected chi connectivity index (χ2v) is 6.94. The van der Waals surface area contributed by atoms with Gasteiger partial charge in [0.15, 0.2) is 5.69 Å². The number of halogens is 1. The van der Waals surface area contributed by atoms with Crippen LogP contribution in [0.4, 0.5) is 4.39 Å². The van der Waals surface area contributed by atoms with Gasteiger partial charge in [-0.25, -0.2) is 22.2 Å². The van der Waals surface area contributed by atoms with Crippen molar-refractivity contribution < 1.29 is 17.6 Å². The van der Waals surface area contributed by atoms with E-state index in [9.17, 15) is 17.6 Å². The van der Waals surface area contributed by atoms with Crippen LogP contribution in [0.15, 0.2) is 24.3 Å². The highest BCUT2D eigenvalue weighted by atomic mass is 32.2. The quantitative estimate of drug-likeness (QED) is 0.904. The van der Waals surface area contributed by atoms with Crippen LogP contribution in [-0.2, 0) is 10.0 Å². The molecule has 22 heavy (non-hydrogen) atoms. The molecule has 3 rings (SSSR count). The van der Waals surface area contributed by atoms with Gasteiger partial charge in [0.1, 0.15) is 5.82 Å². The van der Waals surface area contributed by atoms with Crippen LogP contribution in [0.2, 0.25) is 0 Å². The summed E-state index contributed by atoms with van der Waals surface area (Å²) in [5.74, 6) is -1.09. The SMILES string of the molecule is CS(=O)(=O)NC(=O)c1nnn(-c2ccc(F)cc2)c1C1CC1. The number of hydrogen-bond donors (Lipinski definition) is 1. The Morgan fingerprint density at radius 2 is 1.95 bits per heavy atom. The number of rotatable bonds is 4. The van der Waals surface area contributed by atoms with E-state index in [2.05, 4.69) is 10.3 Å². The summed E-state index contributed by atoms with van der Waals surface area (Å²) in [6, 6.07) is 5.61. The molecule has 1 saturated carbocycles. The van der Waals surface area contributed by atoms with Crippen molar-refractivity contribution >= 4 is 15.9 Å². The Balaban J connectivity index is 2.03. The Bertz CT molecular complexity index is 825. The van der Waals surface area contributed by atoms with Gasteiger partial charge in [0.25, 0.3) is 5.91 Å². The Morgan fingerprint density at radius 3 is 2.50 bits per heavy atom. The monoisotopic (exact) mass is 324 g/mol. The zero-order valence-corrected chi connectivity index (χ0v) is 12.5. The lowest BCUT2D eigenvalue weighted by atomic mass is 10.2. The van der Waals surface area contributed by atoms with Crippen molar-refractivity contribution in [1.29, 1.82) is 0 Å². The lowest BCUT2D eigenvalue weighted by Crippen LogP contribution is -2.30. The van der Waals surface area contributed by atoms with Gasteiger partial charge in [0.2, 0.25) is 10.0 Å². The summed E-state index contributed by atoms with van der Waals surface area (Å²) in [6.07, 6.45) is 2.63. The maximum Gasteiger partial charge on any atom is 0.287 e. The first-order valence-corrected chi connectivity index (χ1v) is 8.48. The molecule has 1 aromatic heterocycles. The van der Waals surface area contributed by atoms with Crippen LogP contribution in [0.1, 0.15) is 34.9 Å². The van der Waals surface area contributed by atoms with Crippen molar-refractivity contribution in [1.82, 2.24) is 19.7 Å². The van der Waals surface area contributed by atoms with Gasteiger partial charge < -0.3 is 0 Å². The topological polar surface area (TPSA) is 93.9 Å². The molecule has 0 atom stereocenters. The average molecular weight is 324 g/mol. The molecule has 1 fully saturated rings. The fraction of sp³-hybridized carbons (Fsp3) is 0.308. The molecule has 2 aromatic rings. The highest BCUT2D eigenvalue weighted by Gasteiger charge is 2.34. The van der Waals surface area contributed by atoms with Crippen LogP contribution in [0.25, 0.3) is 5.69 Å². The summed E-state index contributed by atoms with van der Waals surface area (Å²) in [4.78, 5) is 12.0. The van der Waals surface area contributed by atoms with Crippen LogP contribution >= 0.6 is 0 Å². The zero-order chi connectivity index (χ0) is 15.9. The number of sulfonamides is 1. The summed E-state index contributed by atoms with van der Waals surface area (Å²) in [5.41, 5.74) is 1.10. The normalized spacial score (nSPS) is 14.8. The molecule has 0 aliphatic heterocycles.